The summed E-state index contributed by atoms with van der Waals surface area (Å²) in [7, 11) is 1.67. The van der Waals surface area contributed by atoms with Gasteiger partial charge in [0.1, 0.15) is 11.6 Å². The summed E-state index contributed by atoms with van der Waals surface area (Å²) in [6.45, 7) is 2.59. The first-order chi connectivity index (χ1) is 10.1. The summed E-state index contributed by atoms with van der Waals surface area (Å²) in [5.41, 5.74) is 1.81. The van der Waals surface area contributed by atoms with Gasteiger partial charge in [-0.3, -0.25) is 0 Å². The van der Waals surface area contributed by atoms with E-state index in [1.54, 1.807) is 19.2 Å². The van der Waals surface area contributed by atoms with Crippen molar-refractivity contribution < 1.29 is 9.13 Å². The van der Waals surface area contributed by atoms with Crippen molar-refractivity contribution in [3.8, 4) is 5.75 Å². The van der Waals surface area contributed by atoms with Crippen LogP contribution in [0.4, 0.5) is 4.39 Å². The Morgan fingerprint density at radius 2 is 1.95 bits per heavy atom. The van der Waals surface area contributed by atoms with Gasteiger partial charge in [-0.05, 0) is 43.2 Å². The van der Waals surface area contributed by atoms with Crippen molar-refractivity contribution in [2.45, 2.75) is 25.9 Å². The Morgan fingerprint density at radius 3 is 2.71 bits per heavy atom. The summed E-state index contributed by atoms with van der Waals surface area (Å²) in [4.78, 5) is 0. The Hall–Kier alpha value is -1.39. The first-order valence-electron chi connectivity index (χ1n) is 6.89. The maximum Gasteiger partial charge on any atom is 0.127 e. The van der Waals surface area contributed by atoms with Gasteiger partial charge < -0.3 is 10.1 Å². The average Bonchev–Trinajstić information content (AvgIpc) is 2.49. The summed E-state index contributed by atoms with van der Waals surface area (Å²) >= 11 is 3.37. The van der Waals surface area contributed by atoms with Crippen molar-refractivity contribution >= 4 is 15.9 Å². The van der Waals surface area contributed by atoms with Crippen molar-refractivity contribution in [1.82, 2.24) is 5.32 Å². The summed E-state index contributed by atoms with van der Waals surface area (Å²) in [6.07, 6.45) is 0.833. The van der Waals surface area contributed by atoms with Crippen LogP contribution in [0.15, 0.2) is 46.9 Å². The maximum atomic E-state index is 13.7. The van der Waals surface area contributed by atoms with Crippen molar-refractivity contribution in [1.29, 1.82) is 0 Å². The zero-order valence-corrected chi connectivity index (χ0v) is 13.8. The Balaban J connectivity index is 1.96. The SMILES string of the molecule is COc1ccccc1CC(C)NCc1cc(Br)ccc1F. The summed E-state index contributed by atoms with van der Waals surface area (Å²) in [5.74, 6) is 0.704. The second-order valence-corrected chi connectivity index (χ2v) is 5.95. The minimum absolute atomic E-state index is 0.185. The molecule has 0 aliphatic carbocycles. The van der Waals surface area contributed by atoms with Gasteiger partial charge in [0.2, 0.25) is 0 Å². The zero-order valence-electron chi connectivity index (χ0n) is 12.2. The van der Waals surface area contributed by atoms with E-state index in [1.165, 1.54) is 6.07 Å². The van der Waals surface area contributed by atoms with Gasteiger partial charge in [0.25, 0.3) is 0 Å². The van der Waals surface area contributed by atoms with Crippen molar-refractivity contribution in [2.24, 2.45) is 0 Å². The summed E-state index contributed by atoms with van der Waals surface area (Å²) < 4.78 is 19.9. The van der Waals surface area contributed by atoms with Gasteiger partial charge in [0, 0.05) is 22.6 Å². The summed E-state index contributed by atoms with van der Waals surface area (Å²) in [6, 6.07) is 13.2. The molecule has 0 aliphatic heterocycles. The Morgan fingerprint density at radius 1 is 1.19 bits per heavy atom. The predicted octanol–water partition coefficient (Wildman–Crippen LogP) is 4.32. The van der Waals surface area contributed by atoms with Gasteiger partial charge in [-0.2, -0.15) is 0 Å². The fourth-order valence-corrected chi connectivity index (χ4v) is 2.65. The van der Waals surface area contributed by atoms with E-state index in [2.05, 4.69) is 34.2 Å². The molecular weight excluding hydrogens is 333 g/mol. The van der Waals surface area contributed by atoms with Crippen molar-refractivity contribution in [2.75, 3.05) is 7.11 Å². The third kappa shape index (κ3) is 4.55. The number of hydrogen-bond acceptors (Lipinski definition) is 2. The molecule has 0 aliphatic rings. The summed E-state index contributed by atoms with van der Waals surface area (Å²) in [5, 5.41) is 3.35. The van der Waals surface area contributed by atoms with Crippen LogP contribution in [0, 0.1) is 5.82 Å². The molecule has 0 radical (unpaired) electrons. The number of ether oxygens (including phenoxy) is 1. The number of nitrogens with one attached hydrogen (secondary N) is 1. The van der Waals surface area contributed by atoms with E-state index in [4.69, 9.17) is 4.74 Å². The van der Waals surface area contributed by atoms with Crippen LogP contribution < -0.4 is 10.1 Å². The quantitative estimate of drug-likeness (QED) is 0.836. The van der Waals surface area contributed by atoms with E-state index in [9.17, 15) is 4.39 Å². The molecule has 0 saturated heterocycles. The molecule has 2 aromatic rings. The van der Waals surface area contributed by atoms with Gasteiger partial charge in [0.15, 0.2) is 0 Å². The van der Waals surface area contributed by atoms with E-state index < -0.39 is 0 Å². The van der Waals surface area contributed by atoms with E-state index in [-0.39, 0.29) is 11.9 Å². The van der Waals surface area contributed by atoms with Crippen LogP contribution in [0.25, 0.3) is 0 Å². The smallest absolute Gasteiger partial charge is 0.127 e. The lowest BCUT2D eigenvalue weighted by Crippen LogP contribution is -2.28. The van der Waals surface area contributed by atoms with Crippen LogP contribution in [0.3, 0.4) is 0 Å². The molecule has 0 fully saturated rings. The number of halogens is 2. The fourth-order valence-electron chi connectivity index (χ4n) is 2.24. The molecule has 0 saturated carbocycles. The van der Waals surface area contributed by atoms with Crippen LogP contribution in [-0.4, -0.2) is 13.2 Å². The lowest BCUT2D eigenvalue weighted by atomic mass is 10.1. The second-order valence-electron chi connectivity index (χ2n) is 5.03. The molecule has 2 nitrogen and oxygen atoms in total. The Bertz CT molecular complexity index is 603. The molecule has 21 heavy (non-hydrogen) atoms. The first-order valence-corrected chi connectivity index (χ1v) is 7.68. The molecule has 4 heteroatoms. The van der Waals surface area contributed by atoms with Crippen LogP contribution in [0.5, 0.6) is 5.75 Å². The van der Waals surface area contributed by atoms with Crippen molar-refractivity contribution in [3.63, 3.8) is 0 Å². The molecule has 2 aromatic carbocycles. The number of rotatable bonds is 6. The second kappa shape index (κ2) is 7.57. The molecule has 0 heterocycles. The molecule has 112 valence electrons. The van der Waals surface area contributed by atoms with Crippen molar-refractivity contribution in [3.05, 3.63) is 63.9 Å². The highest BCUT2D eigenvalue weighted by atomic mass is 79.9. The van der Waals surface area contributed by atoms with E-state index >= 15 is 0 Å². The maximum absolute atomic E-state index is 13.7. The van der Waals surface area contributed by atoms with Crippen LogP contribution in [0.2, 0.25) is 0 Å². The molecule has 1 unspecified atom stereocenters. The van der Waals surface area contributed by atoms with Gasteiger partial charge in [0.05, 0.1) is 7.11 Å². The lowest BCUT2D eigenvalue weighted by Gasteiger charge is -2.16. The van der Waals surface area contributed by atoms with E-state index in [0.717, 1.165) is 22.2 Å². The molecule has 1 atom stereocenters. The molecular formula is C17H19BrFNO. The highest BCUT2D eigenvalue weighted by Gasteiger charge is 2.09. The monoisotopic (exact) mass is 351 g/mol. The fraction of sp³-hybridized carbons (Fsp3) is 0.294. The van der Waals surface area contributed by atoms with E-state index in [1.807, 2.05) is 18.2 Å². The molecule has 1 N–H and O–H groups in total. The highest BCUT2D eigenvalue weighted by molar-refractivity contribution is 9.10. The van der Waals surface area contributed by atoms with E-state index in [0.29, 0.717) is 12.1 Å². The van der Waals surface area contributed by atoms with Crippen LogP contribution in [0.1, 0.15) is 18.1 Å². The standard InChI is InChI=1S/C17H19BrFNO/c1-12(9-13-5-3-4-6-17(13)21-2)20-11-14-10-15(18)7-8-16(14)19/h3-8,10,12,20H,9,11H2,1-2H3. The third-order valence-corrected chi connectivity index (χ3v) is 3.86. The molecule has 0 amide bonds. The minimum Gasteiger partial charge on any atom is -0.496 e. The van der Waals surface area contributed by atoms with Gasteiger partial charge in [-0.1, -0.05) is 34.1 Å². The zero-order chi connectivity index (χ0) is 15.2. The number of methoxy groups -OCH3 is 1. The van der Waals surface area contributed by atoms with Gasteiger partial charge in [-0.25, -0.2) is 4.39 Å². The van der Waals surface area contributed by atoms with Gasteiger partial charge in [-0.15, -0.1) is 0 Å². The first kappa shape index (κ1) is 16.0. The predicted molar refractivity (Wildman–Crippen MR) is 87.1 cm³/mol. The Kier molecular flexibility index (Phi) is 5.76. The minimum atomic E-state index is -0.185. The molecule has 2 rings (SSSR count). The molecule has 0 bridgehead atoms. The molecule has 0 spiro atoms. The number of para-hydroxylation sites is 1. The lowest BCUT2D eigenvalue weighted by molar-refractivity contribution is 0.405. The highest BCUT2D eigenvalue weighted by Crippen LogP contribution is 2.19. The van der Waals surface area contributed by atoms with Crippen LogP contribution >= 0.6 is 15.9 Å². The largest absolute Gasteiger partial charge is 0.496 e. The van der Waals surface area contributed by atoms with Crippen LogP contribution in [-0.2, 0) is 13.0 Å². The number of hydrogen-bond donors (Lipinski definition) is 1. The topological polar surface area (TPSA) is 21.3 Å². The van der Waals surface area contributed by atoms with Gasteiger partial charge >= 0.3 is 0 Å². The average molecular weight is 352 g/mol. The number of benzene rings is 2. The normalized spacial score (nSPS) is 12.2. The Labute approximate surface area is 133 Å². The third-order valence-electron chi connectivity index (χ3n) is 3.37. The molecule has 0 aromatic heterocycles.